The minimum atomic E-state index is -4.70. The third-order valence-electron chi connectivity index (χ3n) is 6.73. The zero-order valence-electron chi connectivity index (χ0n) is 21.7. The molecule has 1 saturated heterocycles. The molecule has 0 N–H and O–H groups in total. The van der Waals surface area contributed by atoms with Crippen LogP contribution < -0.4 is 10.3 Å². The summed E-state index contributed by atoms with van der Waals surface area (Å²) in [5, 5.41) is 0. The number of hydrogen-bond donors (Lipinski definition) is 0. The summed E-state index contributed by atoms with van der Waals surface area (Å²) in [6.45, 7) is -0.384. The molecule has 1 fully saturated rings. The minimum Gasteiger partial charge on any atom is -0.593 e. The molecular formula is C27H24F3N5O5S. The van der Waals surface area contributed by atoms with Crippen LogP contribution in [0, 0.1) is 0 Å². The van der Waals surface area contributed by atoms with Crippen molar-refractivity contribution in [2.75, 3.05) is 33.3 Å². The molecule has 0 bridgehead atoms. The number of alkyl halides is 3. The number of hydrogen-bond acceptors (Lipinski definition) is 7. The van der Waals surface area contributed by atoms with Gasteiger partial charge in [0.2, 0.25) is 0 Å². The van der Waals surface area contributed by atoms with E-state index in [1.165, 1.54) is 22.8 Å². The van der Waals surface area contributed by atoms with Crippen molar-refractivity contribution in [3.05, 3.63) is 94.0 Å². The highest BCUT2D eigenvalue weighted by atomic mass is 32.3. The van der Waals surface area contributed by atoms with Gasteiger partial charge in [-0.1, -0.05) is 22.4 Å². The Kier molecular flexibility index (Phi) is 7.64. The molecule has 1 atom stereocenters. The molecule has 14 heteroatoms. The van der Waals surface area contributed by atoms with Crippen LogP contribution in [0.5, 0.6) is 5.75 Å². The van der Waals surface area contributed by atoms with E-state index < -0.39 is 38.5 Å². The molecule has 1 amide bonds. The summed E-state index contributed by atoms with van der Waals surface area (Å²) in [6, 6.07) is 13.8. The Morgan fingerprint density at radius 3 is 2.41 bits per heavy atom. The molecule has 2 aromatic carbocycles. The first-order chi connectivity index (χ1) is 19.5. The van der Waals surface area contributed by atoms with Gasteiger partial charge >= 0.3 is 6.18 Å². The zero-order chi connectivity index (χ0) is 29.4. The van der Waals surface area contributed by atoms with Gasteiger partial charge in [0.1, 0.15) is 11.3 Å². The zero-order valence-corrected chi connectivity index (χ0v) is 22.5. The van der Waals surface area contributed by atoms with E-state index in [1.807, 2.05) is 0 Å². The van der Waals surface area contributed by atoms with E-state index in [9.17, 15) is 31.5 Å². The summed E-state index contributed by atoms with van der Waals surface area (Å²) < 4.78 is 73.0. The monoisotopic (exact) mass is 587 g/mol. The molecule has 1 unspecified atom stereocenters. The molecule has 0 saturated carbocycles. The maximum atomic E-state index is 13.5. The topological polar surface area (TPSA) is 121 Å². The van der Waals surface area contributed by atoms with Gasteiger partial charge in [0, 0.05) is 25.4 Å². The third-order valence-corrected chi connectivity index (χ3v) is 8.62. The maximum Gasteiger partial charge on any atom is 0.416 e. The second-order valence-electron chi connectivity index (χ2n) is 9.27. The molecule has 5 rings (SSSR count). The summed E-state index contributed by atoms with van der Waals surface area (Å²) in [7, 11) is -2.71. The smallest absolute Gasteiger partial charge is 0.416 e. The standard InChI is InChI=1S/C27H24F3N5O5S/c1-40-20-9-7-18(8-10-20)17-35-24-22(6-3-11-31-24)32-23(26(35)37)25(36)33-12-14-34(15-13-33)41(38,39)21-5-2-4-19(16-21)27(28,29)30/h2-11,16H,12-15,17H2,1H3. The van der Waals surface area contributed by atoms with Crippen LogP contribution in [0.1, 0.15) is 21.6 Å². The predicted octanol–water partition coefficient (Wildman–Crippen LogP) is 3.23. The lowest BCUT2D eigenvalue weighted by molar-refractivity contribution is -0.137. The molecule has 2 aromatic heterocycles. The summed E-state index contributed by atoms with van der Waals surface area (Å²) in [5.41, 5.74) is -0.686. The summed E-state index contributed by atoms with van der Waals surface area (Å²) in [6.07, 6.45) is -3.18. The van der Waals surface area contributed by atoms with Gasteiger partial charge in [0.05, 0.1) is 32.3 Å². The fourth-order valence-corrected chi connectivity index (χ4v) is 6.01. The van der Waals surface area contributed by atoms with Crippen LogP contribution >= 0.6 is 0 Å². The van der Waals surface area contributed by atoms with Crippen molar-refractivity contribution in [1.29, 1.82) is 0 Å². The Balaban J connectivity index is 1.38. The van der Waals surface area contributed by atoms with Crippen molar-refractivity contribution in [1.82, 2.24) is 23.7 Å². The van der Waals surface area contributed by atoms with Crippen LogP contribution in [0.4, 0.5) is 13.2 Å². The largest absolute Gasteiger partial charge is 0.593 e. The number of rotatable bonds is 6. The van der Waals surface area contributed by atoms with E-state index in [-0.39, 0.29) is 38.4 Å². The van der Waals surface area contributed by atoms with Crippen LogP contribution in [0.2, 0.25) is 0 Å². The highest BCUT2D eigenvalue weighted by Crippen LogP contribution is 2.32. The lowest BCUT2D eigenvalue weighted by Crippen LogP contribution is -2.53. The average molecular weight is 588 g/mol. The first-order valence-corrected chi connectivity index (χ1v) is 13.9. The number of halogens is 3. The number of sulfonamides is 1. The van der Waals surface area contributed by atoms with Crippen molar-refractivity contribution in [3.63, 3.8) is 0 Å². The Hall–Kier alpha value is -4.14. The average Bonchev–Trinajstić information content (AvgIpc) is 2.98. The Morgan fingerprint density at radius 1 is 1.05 bits per heavy atom. The second-order valence-corrected chi connectivity index (χ2v) is 11.2. The first-order valence-electron chi connectivity index (χ1n) is 12.4. The van der Waals surface area contributed by atoms with E-state index in [0.717, 1.165) is 28.1 Å². The number of benzene rings is 2. The number of methoxy groups -OCH3 is 1. The molecule has 0 spiro atoms. The number of amides is 1. The molecule has 10 nitrogen and oxygen atoms in total. The van der Waals surface area contributed by atoms with E-state index >= 15 is 0 Å². The molecule has 0 radical (unpaired) electrons. The summed E-state index contributed by atoms with van der Waals surface area (Å²) in [5.74, 6) is -0.0377. The van der Waals surface area contributed by atoms with Gasteiger partial charge in [0.15, 0.2) is 26.6 Å². The van der Waals surface area contributed by atoms with Gasteiger partial charge in [-0.3, -0.25) is 14.2 Å². The lowest BCUT2D eigenvalue weighted by atomic mass is 10.2. The third kappa shape index (κ3) is 5.71. The second kappa shape index (κ2) is 11.0. The lowest BCUT2D eigenvalue weighted by Gasteiger charge is -2.35. The minimum absolute atomic E-state index is 0.0816. The van der Waals surface area contributed by atoms with Crippen molar-refractivity contribution < 1.29 is 31.5 Å². The fourth-order valence-electron chi connectivity index (χ4n) is 4.54. The maximum absolute atomic E-state index is 13.5. The molecule has 0 aliphatic carbocycles. The molecule has 41 heavy (non-hydrogen) atoms. The van der Waals surface area contributed by atoms with E-state index in [2.05, 4.69) is 9.97 Å². The number of nitrogens with zero attached hydrogens (tertiary/aromatic N) is 5. The quantitative estimate of drug-likeness (QED) is 0.318. The highest BCUT2D eigenvalue weighted by Gasteiger charge is 2.38. The van der Waals surface area contributed by atoms with Crippen molar-refractivity contribution >= 4 is 27.5 Å². The molecule has 1 aliphatic heterocycles. The fraction of sp³-hybridized carbons (Fsp3) is 0.259. The van der Waals surface area contributed by atoms with Gasteiger partial charge in [0.25, 0.3) is 11.5 Å². The van der Waals surface area contributed by atoms with Gasteiger partial charge in [-0.2, -0.15) is 13.2 Å². The number of carbonyl (C=O) groups is 1. The SMILES string of the molecule is COc1ccc(Cn2c(=O)c(C(=O)N3CCN([S+](=O)([O-])c4cccc(C(F)(F)F)c4)CC3)nc3cccnc32)cc1. The number of aromatic nitrogens is 3. The Morgan fingerprint density at radius 2 is 1.76 bits per heavy atom. The van der Waals surface area contributed by atoms with Gasteiger partial charge in [-0.05, 0) is 42.0 Å². The van der Waals surface area contributed by atoms with E-state index in [0.29, 0.717) is 23.0 Å². The normalized spacial score (nSPS) is 16.0. The van der Waals surface area contributed by atoms with Crippen molar-refractivity contribution in [3.8, 4) is 5.75 Å². The molecular weight excluding hydrogens is 563 g/mol. The van der Waals surface area contributed by atoms with Crippen LogP contribution in [0.25, 0.3) is 11.2 Å². The number of piperazine rings is 1. The van der Waals surface area contributed by atoms with E-state index in [1.54, 1.807) is 36.4 Å². The Labute approximate surface area is 233 Å². The van der Waals surface area contributed by atoms with Gasteiger partial charge in [-0.15, -0.1) is 4.31 Å². The predicted molar refractivity (Wildman–Crippen MR) is 142 cm³/mol. The van der Waals surface area contributed by atoms with Crippen LogP contribution in [-0.4, -0.2) is 67.5 Å². The van der Waals surface area contributed by atoms with E-state index in [4.69, 9.17) is 4.74 Å². The first kappa shape index (κ1) is 28.4. The molecule has 214 valence electrons. The van der Waals surface area contributed by atoms with Crippen LogP contribution in [-0.2, 0) is 27.3 Å². The Bertz CT molecular complexity index is 1700. The number of ether oxygens (including phenoxy) is 1. The summed E-state index contributed by atoms with van der Waals surface area (Å²) >= 11 is 0. The number of fused-ring (bicyclic) bond motifs is 1. The van der Waals surface area contributed by atoms with Gasteiger partial charge < -0.3 is 14.2 Å². The molecule has 4 aromatic rings. The number of carbonyl (C=O) groups excluding carboxylic acids is 1. The summed E-state index contributed by atoms with van der Waals surface area (Å²) in [4.78, 5) is 36.3. The highest BCUT2D eigenvalue weighted by molar-refractivity contribution is 7.95. The van der Waals surface area contributed by atoms with Gasteiger partial charge in [-0.25, -0.2) is 9.97 Å². The number of pyridine rings is 1. The molecule has 3 heterocycles. The van der Waals surface area contributed by atoms with Crippen molar-refractivity contribution in [2.45, 2.75) is 17.6 Å². The molecule has 1 aliphatic rings. The van der Waals surface area contributed by atoms with Crippen LogP contribution in [0.15, 0.2) is 76.6 Å². The van der Waals surface area contributed by atoms with Crippen LogP contribution in [0.3, 0.4) is 0 Å². The van der Waals surface area contributed by atoms with Crippen molar-refractivity contribution in [2.24, 2.45) is 0 Å².